The Morgan fingerprint density at radius 1 is 0.952 bits per heavy atom. The molecule has 0 atom stereocenters. The number of carbonyl (C=O) groups is 2. The smallest absolute Gasteiger partial charge is 0.315 e. The Hall–Kier alpha value is -1.30. The lowest BCUT2D eigenvalue weighted by atomic mass is 9.96. The SMILES string of the molecule is NCCNC(=O)CCCCCNC(=O)NC1CCCCC1. The summed E-state index contributed by atoms with van der Waals surface area (Å²) in [5.74, 6) is 0.0588. The van der Waals surface area contributed by atoms with Crippen molar-refractivity contribution in [2.75, 3.05) is 19.6 Å². The molecule has 6 nitrogen and oxygen atoms in total. The third-order valence-corrected chi connectivity index (χ3v) is 3.77. The van der Waals surface area contributed by atoms with Crippen molar-refractivity contribution in [1.29, 1.82) is 0 Å². The molecule has 3 amide bonds. The van der Waals surface area contributed by atoms with E-state index in [0.29, 0.717) is 32.1 Å². The molecule has 6 heteroatoms. The lowest BCUT2D eigenvalue weighted by Gasteiger charge is -2.22. The van der Waals surface area contributed by atoms with Crippen LogP contribution in [0.15, 0.2) is 0 Å². The maximum absolute atomic E-state index is 11.7. The fraction of sp³-hybridized carbons (Fsp3) is 0.867. The van der Waals surface area contributed by atoms with Gasteiger partial charge in [0.25, 0.3) is 0 Å². The Labute approximate surface area is 127 Å². The minimum atomic E-state index is -0.0532. The molecule has 0 radical (unpaired) electrons. The van der Waals surface area contributed by atoms with Crippen LogP contribution in [0.2, 0.25) is 0 Å². The van der Waals surface area contributed by atoms with Gasteiger partial charge in [-0.15, -0.1) is 0 Å². The van der Waals surface area contributed by atoms with Gasteiger partial charge in [-0.3, -0.25) is 4.79 Å². The van der Waals surface area contributed by atoms with Crippen molar-refractivity contribution in [1.82, 2.24) is 16.0 Å². The Morgan fingerprint density at radius 3 is 2.43 bits per heavy atom. The third kappa shape index (κ3) is 9.28. The lowest BCUT2D eigenvalue weighted by Crippen LogP contribution is -2.43. The number of unbranched alkanes of at least 4 members (excludes halogenated alkanes) is 2. The highest BCUT2D eigenvalue weighted by Crippen LogP contribution is 2.17. The first-order valence-corrected chi connectivity index (χ1v) is 8.23. The van der Waals surface area contributed by atoms with Crippen LogP contribution in [0.3, 0.4) is 0 Å². The Bertz CT molecular complexity index is 304. The summed E-state index contributed by atoms with van der Waals surface area (Å²) in [5, 5.41) is 8.65. The van der Waals surface area contributed by atoms with E-state index in [9.17, 15) is 9.59 Å². The molecule has 0 unspecified atom stereocenters. The van der Waals surface area contributed by atoms with Crippen LogP contribution in [0.5, 0.6) is 0 Å². The molecule has 0 spiro atoms. The minimum absolute atomic E-state index is 0.0532. The summed E-state index contributed by atoms with van der Waals surface area (Å²) in [7, 11) is 0. The molecule has 5 N–H and O–H groups in total. The number of hydrogen-bond donors (Lipinski definition) is 4. The van der Waals surface area contributed by atoms with Crippen LogP contribution >= 0.6 is 0 Å². The normalized spacial score (nSPS) is 15.5. The van der Waals surface area contributed by atoms with Gasteiger partial charge in [0.2, 0.25) is 5.91 Å². The molecule has 0 aromatic carbocycles. The van der Waals surface area contributed by atoms with Crippen LogP contribution in [-0.2, 0) is 4.79 Å². The third-order valence-electron chi connectivity index (χ3n) is 3.77. The van der Waals surface area contributed by atoms with E-state index >= 15 is 0 Å². The molecule has 0 heterocycles. The molecule has 1 saturated carbocycles. The summed E-state index contributed by atoms with van der Waals surface area (Å²) in [6.45, 7) is 1.69. The number of nitrogens with one attached hydrogen (secondary N) is 3. The number of urea groups is 1. The highest BCUT2D eigenvalue weighted by molar-refractivity contribution is 5.75. The van der Waals surface area contributed by atoms with Gasteiger partial charge in [0.15, 0.2) is 0 Å². The van der Waals surface area contributed by atoms with E-state index < -0.39 is 0 Å². The summed E-state index contributed by atoms with van der Waals surface area (Å²) < 4.78 is 0. The summed E-state index contributed by atoms with van der Waals surface area (Å²) >= 11 is 0. The number of carbonyl (C=O) groups excluding carboxylic acids is 2. The minimum Gasteiger partial charge on any atom is -0.355 e. The Balaban J connectivity index is 1.91. The molecule has 1 aliphatic carbocycles. The van der Waals surface area contributed by atoms with Gasteiger partial charge >= 0.3 is 6.03 Å². The molecule has 1 fully saturated rings. The van der Waals surface area contributed by atoms with Crippen molar-refractivity contribution in [2.45, 2.75) is 63.8 Å². The number of nitrogens with two attached hydrogens (primary N) is 1. The first-order valence-electron chi connectivity index (χ1n) is 8.23. The average Bonchev–Trinajstić information content (AvgIpc) is 2.49. The van der Waals surface area contributed by atoms with Gasteiger partial charge in [-0.05, 0) is 25.7 Å². The zero-order valence-corrected chi connectivity index (χ0v) is 13.0. The number of rotatable bonds is 9. The molecule has 21 heavy (non-hydrogen) atoms. The van der Waals surface area contributed by atoms with Gasteiger partial charge < -0.3 is 21.7 Å². The summed E-state index contributed by atoms with van der Waals surface area (Å²) in [6, 6.07) is 0.299. The largest absolute Gasteiger partial charge is 0.355 e. The second-order valence-electron chi connectivity index (χ2n) is 5.68. The predicted molar refractivity (Wildman–Crippen MR) is 83.9 cm³/mol. The first kappa shape index (κ1) is 17.8. The zero-order chi connectivity index (χ0) is 15.3. The molecule has 0 aromatic rings. The van der Waals surface area contributed by atoms with Crippen LogP contribution in [0, 0.1) is 0 Å². The van der Waals surface area contributed by atoms with Crippen molar-refractivity contribution >= 4 is 11.9 Å². The summed E-state index contributed by atoms with van der Waals surface area (Å²) in [6.07, 6.45) is 9.17. The van der Waals surface area contributed by atoms with Crippen LogP contribution in [-0.4, -0.2) is 37.6 Å². The predicted octanol–water partition coefficient (Wildman–Crippen LogP) is 1.25. The monoisotopic (exact) mass is 298 g/mol. The van der Waals surface area contributed by atoms with Crippen LogP contribution in [0.1, 0.15) is 57.8 Å². The quantitative estimate of drug-likeness (QED) is 0.482. The van der Waals surface area contributed by atoms with Gasteiger partial charge in [0, 0.05) is 32.1 Å². The van der Waals surface area contributed by atoms with Gasteiger partial charge in [-0.1, -0.05) is 25.7 Å². The summed E-state index contributed by atoms with van der Waals surface area (Å²) in [4.78, 5) is 23.0. The highest BCUT2D eigenvalue weighted by atomic mass is 16.2. The standard InChI is InChI=1S/C15H30N4O2/c16-10-12-17-14(20)9-5-2-6-11-18-15(21)19-13-7-3-1-4-8-13/h13H,1-12,16H2,(H,17,20)(H2,18,19,21). The summed E-state index contributed by atoms with van der Waals surface area (Å²) in [5.41, 5.74) is 5.31. The molecule has 0 aromatic heterocycles. The van der Waals surface area contributed by atoms with E-state index in [0.717, 1.165) is 32.1 Å². The van der Waals surface area contributed by atoms with E-state index in [1.165, 1.54) is 19.3 Å². The first-order chi connectivity index (χ1) is 10.2. The van der Waals surface area contributed by atoms with Crippen molar-refractivity contribution in [3.8, 4) is 0 Å². The Kier molecular flexibility index (Phi) is 9.61. The fourth-order valence-corrected chi connectivity index (χ4v) is 2.57. The number of hydrogen-bond acceptors (Lipinski definition) is 3. The van der Waals surface area contributed by atoms with Gasteiger partial charge in [-0.2, -0.15) is 0 Å². The van der Waals surface area contributed by atoms with Gasteiger partial charge in [0.1, 0.15) is 0 Å². The van der Waals surface area contributed by atoms with E-state index in [2.05, 4.69) is 16.0 Å². The van der Waals surface area contributed by atoms with Crippen LogP contribution < -0.4 is 21.7 Å². The van der Waals surface area contributed by atoms with Crippen LogP contribution in [0.25, 0.3) is 0 Å². The highest BCUT2D eigenvalue weighted by Gasteiger charge is 2.14. The molecular formula is C15H30N4O2. The zero-order valence-electron chi connectivity index (χ0n) is 13.0. The fourth-order valence-electron chi connectivity index (χ4n) is 2.57. The molecule has 0 bridgehead atoms. The molecule has 0 saturated heterocycles. The second-order valence-corrected chi connectivity index (χ2v) is 5.68. The maximum atomic E-state index is 11.7. The van der Waals surface area contributed by atoms with Crippen molar-refractivity contribution in [3.05, 3.63) is 0 Å². The molecule has 0 aliphatic heterocycles. The molecule has 1 rings (SSSR count). The molecule has 1 aliphatic rings. The number of amides is 3. The van der Waals surface area contributed by atoms with Crippen LogP contribution in [0.4, 0.5) is 4.79 Å². The van der Waals surface area contributed by atoms with E-state index in [1.54, 1.807) is 0 Å². The average molecular weight is 298 g/mol. The van der Waals surface area contributed by atoms with Crippen molar-refractivity contribution in [2.24, 2.45) is 5.73 Å². The lowest BCUT2D eigenvalue weighted by molar-refractivity contribution is -0.121. The van der Waals surface area contributed by atoms with Crippen molar-refractivity contribution < 1.29 is 9.59 Å². The van der Waals surface area contributed by atoms with Crippen molar-refractivity contribution in [3.63, 3.8) is 0 Å². The van der Waals surface area contributed by atoms with E-state index in [1.807, 2.05) is 0 Å². The van der Waals surface area contributed by atoms with Gasteiger partial charge in [-0.25, -0.2) is 4.79 Å². The topological polar surface area (TPSA) is 96.2 Å². The van der Waals surface area contributed by atoms with Gasteiger partial charge in [0.05, 0.1) is 0 Å². The Morgan fingerprint density at radius 2 is 1.71 bits per heavy atom. The van der Waals surface area contributed by atoms with E-state index in [4.69, 9.17) is 5.73 Å². The van der Waals surface area contributed by atoms with E-state index in [-0.39, 0.29) is 11.9 Å². The molecular weight excluding hydrogens is 268 g/mol. The second kappa shape index (κ2) is 11.4. The maximum Gasteiger partial charge on any atom is 0.315 e. The molecule has 122 valence electrons.